The topological polar surface area (TPSA) is 94.9 Å². The van der Waals surface area contributed by atoms with Gasteiger partial charge in [0.1, 0.15) is 0 Å². The predicted octanol–water partition coefficient (Wildman–Crippen LogP) is 1.39. The van der Waals surface area contributed by atoms with Crippen molar-refractivity contribution in [1.82, 2.24) is 4.31 Å². The van der Waals surface area contributed by atoms with Crippen LogP contribution in [0.15, 0.2) is 17.0 Å². The van der Waals surface area contributed by atoms with Gasteiger partial charge in [0.05, 0.1) is 16.6 Å². The standard InChI is InChI=1S/C14H21NO5S/c1-9-7-12(14(17)18)8-13(11(9)3)21(19,20)15(4)6-5-10(2)16/h7-8,10,16H,5-6H2,1-4H3,(H,17,18). The third-order valence-electron chi connectivity index (χ3n) is 3.42. The molecule has 1 aromatic carbocycles. The average Bonchev–Trinajstić information content (AvgIpc) is 2.38. The summed E-state index contributed by atoms with van der Waals surface area (Å²) < 4.78 is 26.2. The summed E-state index contributed by atoms with van der Waals surface area (Å²) in [5, 5.41) is 18.3. The zero-order valence-electron chi connectivity index (χ0n) is 12.6. The summed E-state index contributed by atoms with van der Waals surface area (Å²) in [6.07, 6.45) is -0.289. The highest BCUT2D eigenvalue weighted by atomic mass is 32.2. The SMILES string of the molecule is Cc1cc(C(=O)O)cc(S(=O)(=O)N(C)CCC(C)O)c1C. The van der Waals surface area contributed by atoms with E-state index in [0.717, 1.165) is 4.31 Å². The van der Waals surface area contributed by atoms with Crippen molar-refractivity contribution < 1.29 is 23.4 Å². The molecule has 1 atom stereocenters. The molecular formula is C14H21NO5S. The lowest BCUT2D eigenvalue weighted by atomic mass is 10.1. The molecule has 21 heavy (non-hydrogen) atoms. The summed E-state index contributed by atoms with van der Waals surface area (Å²) in [4.78, 5) is 11.1. The molecule has 6 nitrogen and oxygen atoms in total. The molecule has 2 N–H and O–H groups in total. The number of hydrogen-bond acceptors (Lipinski definition) is 4. The maximum atomic E-state index is 12.5. The molecule has 1 unspecified atom stereocenters. The van der Waals surface area contributed by atoms with Crippen molar-refractivity contribution in [2.75, 3.05) is 13.6 Å². The zero-order valence-corrected chi connectivity index (χ0v) is 13.4. The summed E-state index contributed by atoms with van der Waals surface area (Å²) in [6, 6.07) is 2.63. The van der Waals surface area contributed by atoms with Crippen LogP contribution >= 0.6 is 0 Å². The summed E-state index contributed by atoms with van der Waals surface area (Å²) in [5.41, 5.74) is 1.09. The third kappa shape index (κ3) is 4.03. The number of aromatic carboxylic acids is 1. The van der Waals surface area contributed by atoms with Gasteiger partial charge in [0, 0.05) is 13.6 Å². The van der Waals surface area contributed by atoms with Crippen LogP contribution in [0.2, 0.25) is 0 Å². The highest BCUT2D eigenvalue weighted by molar-refractivity contribution is 7.89. The molecule has 0 radical (unpaired) electrons. The van der Waals surface area contributed by atoms with Crippen LogP contribution in [0.25, 0.3) is 0 Å². The van der Waals surface area contributed by atoms with Gasteiger partial charge in [-0.05, 0) is 50.5 Å². The molecule has 0 bridgehead atoms. The van der Waals surface area contributed by atoms with E-state index >= 15 is 0 Å². The van der Waals surface area contributed by atoms with E-state index in [4.69, 9.17) is 5.11 Å². The molecular weight excluding hydrogens is 294 g/mol. The van der Waals surface area contributed by atoms with Gasteiger partial charge in [-0.1, -0.05) is 0 Å². The van der Waals surface area contributed by atoms with Gasteiger partial charge in [0.25, 0.3) is 0 Å². The van der Waals surface area contributed by atoms with Crippen LogP contribution in [0.4, 0.5) is 0 Å². The van der Waals surface area contributed by atoms with E-state index in [9.17, 15) is 18.3 Å². The Balaban J connectivity index is 3.27. The van der Waals surface area contributed by atoms with Crippen molar-refractivity contribution in [3.05, 3.63) is 28.8 Å². The van der Waals surface area contributed by atoms with Crippen LogP contribution in [0.3, 0.4) is 0 Å². The molecule has 0 spiro atoms. The largest absolute Gasteiger partial charge is 0.478 e. The molecule has 0 fully saturated rings. The fourth-order valence-corrected chi connectivity index (χ4v) is 3.38. The number of nitrogens with zero attached hydrogens (tertiary/aromatic N) is 1. The van der Waals surface area contributed by atoms with Crippen molar-refractivity contribution in [2.45, 2.75) is 38.2 Å². The number of aryl methyl sites for hydroxylation is 1. The number of benzene rings is 1. The Bertz CT molecular complexity index is 637. The van der Waals surface area contributed by atoms with Gasteiger partial charge in [-0.2, -0.15) is 0 Å². The number of sulfonamides is 1. The fraction of sp³-hybridized carbons (Fsp3) is 0.500. The first kappa shape index (κ1) is 17.6. The molecule has 0 aliphatic rings. The van der Waals surface area contributed by atoms with Crippen LogP contribution in [0.5, 0.6) is 0 Å². The highest BCUT2D eigenvalue weighted by Crippen LogP contribution is 2.24. The van der Waals surface area contributed by atoms with Crippen LogP contribution in [0.1, 0.15) is 34.8 Å². The second-order valence-electron chi connectivity index (χ2n) is 5.19. The Labute approximate surface area is 125 Å². The van der Waals surface area contributed by atoms with Gasteiger partial charge >= 0.3 is 5.97 Å². The molecule has 0 saturated carbocycles. The maximum Gasteiger partial charge on any atom is 0.335 e. The second kappa shape index (κ2) is 6.55. The van der Waals surface area contributed by atoms with Gasteiger partial charge in [0.15, 0.2) is 0 Å². The Kier molecular flexibility index (Phi) is 5.49. The van der Waals surface area contributed by atoms with Gasteiger partial charge in [-0.3, -0.25) is 0 Å². The van der Waals surface area contributed by atoms with Crippen LogP contribution in [-0.2, 0) is 10.0 Å². The van der Waals surface area contributed by atoms with Gasteiger partial charge in [-0.15, -0.1) is 0 Å². The number of aliphatic hydroxyl groups excluding tert-OH is 1. The second-order valence-corrected chi connectivity index (χ2v) is 7.20. The quantitative estimate of drug-likeness (QED) is 0.827. The summed E-state index contributed by atoms with van der Waals surface area (Å²) in [5.74, 6) is -1.17. The van der Waals surface area contributed by atoms with Crippen molar-refractivity contribution in [2.24, 2.45) is 0 Å². The Morgan fingerprint density at radius 2 is 1.90 bits per heavy atom. The molecule has 0 amide bonds. The lowest BCUT2D eigenvalue weighted by molar-refractivity contribution is 0.0696. The first-order valence-corrected chi connectivity index (χ1v) is 8.00. The van der Waals surface area contributed by atoms with Crippen LogP contribution in [0, 0.1) is 13.8 Å². The minimum absolute atomic E-state index is 0.00649. The number of aliphatic hydroxyl groups is 1. The molecule has 118 valence electrons. The molecule has 0 saturated heterocycles. The Morgan fingerprint density at radius 3 is 2.38 bits per heavy atom. The van der Waals surface area contributed by atoms with E-state index < -0.39 is 22.1 Å². The van der Waals surface area contributed by atoms with Crippen LogP contribution < -0.4 is 0 Å². The first-order chi connectivity index (χ1) is 9.57. The van der Waals surface area contributed by atoms with Gasteiger partial charge in [-0.25, -0.2) is 17.5 Å². The third-order valence-corrected chi connectivity index (χ3v) is 5.40. The summed E-state index contributed by atoms with van der Waals surface area (Å²) >= 11 is 0. The predicted molar refractivity (Wildman–Crippen MR) is 79.0 cm³/mol. The Hall–Kier alpha value is -1.44. The minimum atomic E-state index is -3.78. The smallest absolute Gasteiger partial charge is 0.335 e. The van der Waals surface area contributed by atoms with E-state index in [2.05, 4.69) is 0 Å². The Morgan fingerprint density at radius 1 is 1.33 bits per heavy atom. The number of carboxylic acid groups (broad SMARTS) is 1. The van der Waals surface area contributed by atoms with Gasteiger partial charge < -0.3 is 10.2 Å². The average molecular weight is 315 g/mol. The summed E-state index contributed by atoms with van der Waals surface area (Å²) in [6.45, 7) is 5.07. The monoisotopic (exact) mass is 315 g/mol. The van der Waals surface area contributed by atoms with Crippen molar-refractivity contribution in [3.8, 4) is 0 Å². The van der Waals surface area contributed by atoms with Crippen molar-refractivity contribution in [3.63, 3.8) is 0 Å². The summed E-state index contributed by atoms with van der Waals surface area (Å²) in [7, 11) is -2.37. The van der Waals surface area contributed by atoms with Gasteiger partial charge in [0.2, 0.25) is 10.0 Å². The van der Waals surface area contributed by atoms with E-state index in [-0.39, 0.29) is 17.0 Å². The normalized spacial score (nSPS) is 13.4. The van der Waals surface area contributed by atoms with E-state index in [1.54, 1.807) is 20.8 Å². The number of hydrogen-bond donors (Lipinski definition) is 2. The molecule has 0 aliphatic heterocycles. The minimum Gasteiger partial charge on any atom is -0.478 e. The number of carbonyl (C=O) groups is 1. The molecule has 7 heteroatoms. The molecule has 0 aromatic heterocycles. The maximum absolute atomic E-state index is 12.5. The van der Waals surface area contributed by atoms with Crippen molar-refractivity contribution in [1.29, 1.82) is 0 Å². The number of rotatable bonds is 6. The van der Waals surface area contributed by atoms with Crippen molar-refractivity contribution >= 4 is 16.0 Å². The first-order valence-electron chi connectivity index (χ1n) is 6.56. The lowest BCUT2D eigenvalue weighted by Gasteiger charge is -2.20. The number of carboxylic acids is 1. The fourth-order valence-electron chi connectivity index (χ4n) is 1.88. The molecule has 0 heterocycles. The molecule has 0 aliphatic carbocycles. The molecule has 1 aromatic rings. The zero-order chi connectivity index (χ0) is 16.4. The van der Waals surface area contributed by atoms with E-state index in [1.165, 1.54) is 19.2 Å². The van der Waals surface area contributed by atoms with E-state index in [1.807, 2.05) is 0 Å². The highest BCUT2D eigenvalue weighted by Gasteiger charge is 2.25. The lowest BCUT2D eigenvalue weighted by Crippen LogP contribution is -2.30. The van der Waals surface area contributed by atoms with Crippen LogP contribution in [-0.4, -0.2) is 48.6 Å². The molecule has 1 rings (SSSR count). The van der Waals surface area contributed by atoms with E-state index in [0.29, 0.717) is 17.5 Å².